The molecule has 0 saturated carbocycles. The Morgan fingerprint density at radius 2 is 2.12 bits per heavy atom. The van der Waals surface area contributed by atoms with Gasteiger partial charge in [0.15, 0.2) is 5.78 Å². The minimum atomic E-state index is 0.00231. The molecule has 0 atom stereocenters. The second kappa shape index (κ2) is 1.22. The summed E-state index contributed by atoms with van der Waals surface area (Å²) >= 11 is 0. The monoisotopic (exact) mass is 109 g/mol. The molecule has 2 heteroatoms. The molecule has 0 fully saturated rings. The first-order chi connectivity index (χ1) is 3.64. The van der Waals surface area contributed by atoms with Gasteiger partial charge in [-0.15, -0.1) is 0 Å². The summed E-state index contributed by atoms with van der Waals surface area (Å²) in [5.74, 6) is 0.00231. The molecule has 0 unspecified atom stereocenters. The van der Waals surface area contributed by atoms with Gasteiger partial charge in [-0.3, -0.25) is 4.79 Å². The Bertz CT molecular complexity index is 179. The van der Waals surface area contributed by atoms with Gasteiger partial charge in [-0.25, -0.2) is 0 Å². The number of rotatable bonds is 0. The standard InChI is InChI=1S/C6H7NO/c1-3-5(7)4(2)6(3)8/h1,7H2,2H3. The van der Waals surface area contributed by atoms with Gasteiger partial charge in [0.25, 0.3) is 0 Å². The zero-order valence-electron chi connectivity index (χ0n) is 4.69. The van der Waals surface area contributed by atoms with Crippen molar-refractivity contribution in [2.75, 3.05) is 0 Å². The van der Waals surface area contributed by atoms with Crippen molar-refractivity contribution >= 4 is 5.78 Å². The molecule has 0 aromatic heterocycles. The second-order valence-corrected chi connectivity index (χ2v) is 1.85. The van der Waals surface area contributed by atoms with Gasteiger partial charge in [0.05, 0.1) is 0 Å². The Hall–Kier alpha value is -1.05. The molecule has 8 heavy (non-hydrogen) atoms. The van der Waals surface area contributed by atoms with Crippen LogP contribution in [0.5, 0.6) is 0 Å². The lowest BCUT2D eigenvalue weighted by Crippen LogP contribution is -2.24. The average Bonchev–Trinajstić information content (AvgIpc) is 1.83. The van der Waals surface area contributed by atoms with E-state index in [1.54, 1.807) is 6.92 Å². The predicted molar refractivity (Wildman–Crippen MR) is 31.0 cm³/mol. The average molecular weight is 109 g/mol. The van der Waals surface area contributed by atoms with E-state index in [0.717, 1.165) is 0 Å². The molecule has 1 aliphatic rings. The Kier molecular flexibility index (Phi) is 0.774. The van der Waals surface area contributed by atoms with E-state index in [-0.39, 0.29) is 5.78 Å². The van der Waals surface area contributed by atoms with Crippen LogP contribution in [0.4, 0.5) is 0 Å². The van der Waals surface area contributed by atoms with E-state index in [9.17, 15) is 4.79 Å². The smallest absolute Gasteiger partial charge is 0.192 e. The van der Waals surface area contributed by atoms with E-state index < -0.39 is 0 Å². The molecule has 0 bridgehead atoms. The van der Waals surface area contributed by atoms with Crippen molar-refractivity contribution in [2.24, 2.45) is 5.73 Å². The van der Waals surface area contributed by atoms with Gasteiger partial charge >= 0.3 is 0 Å². The first-order valence-corrected chi connectivity index (χ1v) is 2.35. The van der Waals surface area contributed by atoms with Gasteiger partial charge in [0.2, 0.25) is 0 Å². The summed E-state index contributed by atoms with van der Waals surface area (Å²) in [6, 6.07) is 0. The molecule has 1 aliphatic carbocycles. The number of ketones is 1. The highest BCUT2D eigenvalue weighted by molar-refractivity contribution is 6.18. The second-order valence-electron chi connectivity index (χ2n) is 1.85. The van der Waals surface area contributed by atoms with E-state index in [0.29, 0.717) is 16.8 Å². The third kappa shape index (κ3) is 0.346. The lowest BCUT2D eigenvalue weighted by molar-refractivity contribution is -0.113. The number of hydrogen-bond acceptors (Lipinski definition) is 2. The highest BCUT2D eigenvalue weighted by atomic mass is 16.1. The Labute approximate surface area is 47.7 Å². The number of carbonyl (C=O) groups is 1. The van der Waals surface area contributed by atoms with Gasteiger partial charge in [0.1, 0.15) is 0 Å². The summed E-state index contributed by atoms with van der Waals surface area (Å²) in [6.45, 7) is 5.14. The van der Waals surface area contributed by atoms with Gasteiger partial charge in [0, 0.05) is 16.8 Å². The normalized spacial score (nSPS) is 19.1. The number of nitrogens with two attached hydrogens (primary N) is 1. The minimum absolute atomic E-state index is 0.00231. The Morgan fingerprint density at radius 3 is 2.25 bits per heavy atom. The summed E-state index contributed by atoms with van der Waals surface area (Å²) in [4.78, 5) is 10.5. The third-order valence-corrected chi connectivity index (χ3v) is 1.34. The molecule has 0 spiro atoms. The Morgan fingerprint density at radius 1 is 1.62 bits per heavy atom. The van der Waals surface area contributed by atoms with Crippen LogP contribution in [0.3, 0.4) is 0 Å². The lowest BCUT2D eigenvalue weighted by Gasteiger charge is -2.16. The van der Waals surface area contributed by atoms with Crippen molar-refractivity contribution in [2.45, 2.75) is 6.92 Å². The largest absolute Gasteiger partial charge is 0.398 e. The molecule has 2 N–H and O–H groups in total. The number of carbonyl (C=O) groups excluding carboxylic acids is 1. The Balaban J connectivity index is 3.08. The quantitative estimate of drug-likeness (QED) is 0.456. The van der Waals surface area contributed by atoms with Crippen LogP contribution in [0.25, 0.3) is 0 Å². The summed E-state index contributed by atoms with van der Waals surface area (Å²) in [6.07, 6.45) is 0. The maximum atomic E-state index is 10.5. The van der Waals surface area contributed by atoms with Gasteiger partial charge in [-0.2, -0.15) is 0 Å². The first-order valence-electron chi connectivity index (χ1n) is 2.35. The van der Waals surface area contributed by atoms with E-state index in [2.05, 4.69) is 6.58 Å². The van der Waals surface area contributed by atoms with Crippen molar-refractivity contribution in [1.29, 1.82) is 0 Å². The molecular formula is C6H7NO. The van der Waals surface area contributed by atoms with E-state index >= 15 is 0 Å². The molecule has 0 heterocycles. The van der Waals surface area contributed by atoms with Crippen LogP contribution in [0.1, 0.15) is 6.92 Å². The van der Waals surface area contributed by atoms with Crippen LogP contribution in [-0.2, 0) is 4.79 Å². The topological polar surface area (TPSA) is 43.1 Å². The van der Waals surface area contributed by atoms with Crippen molar-refractivity contribution in [3.63, 3.8) is 0 Å². The summed E-state index contributed by atoms with van der Waals surface area (Å²) in [7, 11) is 0. The highest BCUT2D eigenvalue weighted by Gasteiger charge is 2.24. The van der Waals surface area contributed by atoms with Crippen molar-refractivity contribution in [1.82, 2.24) is 0 Å². The third-order valence-electron chi connectivity index (χ3n) is 1.34. The molecular weight excluding hydrogens is 102 g/mol. The maximum Gasteiger partial charge on any atom is 0.192 e. The van der Waals surface area contributed by atoms with Crippen LogP contribution in [0.2, 0.25) is 0 Å². The maximum absolute atomic E-state index is 10.5. The summed E-state index contributed by atoms with van der Waals surface area (Å²) in [5, 5.41) is 0. The zero-order chi connectivity index (χ0) is 6.31. The fourth-order valence-corrected chi connectivity index (χ4v) is 0.635. The molecule has 0 saturated heterocycles. The molecule has 0 aromatic rings. The van der Waals surface area contributed by atoms with Gasteiger partial charge < -0.3 is 5.73 Å². The van der Waals surface area contributed by atoms with Crippen molar-refractivity contribution < 1.29 is 4.79 Å². The van der Waals surface area contributed by atoms with Gasteiger partial charge in [-0.05, 0) is 6.92 Å². The molecule has 0 radical (unpaired) electrons. The SMILES string of the molecule is C=C1C(=O)C(C)=C1N. The number of allylic oxidation sites excluding steroid dienone is 2. The molecule has 0 aliphatic heterocycles. The minimum Gasteiger partial charge on any atom is -0.398 e. The van der Waals surface area contributed by atoms with Gasteiger partial charge in [-0.1, -0.05) is 6.58 Å². The lowest BCUT2D eigenvalue weighted by atomic mass is 9.90. The predicted octanol–water partition coefficient (Wildman–Crippen LogP) is 0.358. The molecule has 1 rings (SSSR count). The summed E-state index contributed by atoms with van der Waals surface area (Å²) < 4.78 is 0. The van der Waals surface area contributed by atoms with E-state index in [4.69, 9.17) is 5.73 Å². The van der Waals surface area contributed by atoms with Crippen LogP contribution < -0.4 is 5.73 Å². The van der Waals surface area contributed by atoms with Crippen LogP contribution >= 0.6 is 0 Å². The van der Waals surface area contributed by atoms with Crippen LogP contribution in [0.15, 0.2) is 23.4 Å². The molecule has 42 valence electrons. The van der Waals surface area contributed by atoms with Crippen LogP contribution in [-0.4, -0.2) is 5.78 Å². The summed E-state index contributed by atoms with van der Waals surface area (Å²) in [5.41, 5.74) is 6.99. The van der Waals surface area contributed by atoms with E-state index in [1.807, 2.05) is 0 Å². The van der Waals surface area contributed by atoms with Crippen LogP contribution in [0, 0.1) is 0 Å². The molecule has 2 nitrogen and oxygen atoms in total. The number of Topliss-reactive ketones (excluding diaryl/α,β-unsaturated/α-hetero) is 1. The zero-order valence-corrected chi connectivity index (χ0v) is 4.69. The molecule has 0 amide bonds. The first kappa shape index (κ1) is 5.09. The van der Waals surface area contributed by atoms with E-state index in [1.165, 1.54) is 0 Å². The number of hydrogen-bond donors (Lipinski definition) is 1. The van der Waals surface area contributed by atoms with Crippen molar-refractivity contribution in [3.05, 3.63) is 23.4 Å². The van der Waals surface area contributed by atoms with Crippen molar-refractivity contribution in [3.8, 4) is 0 Å². The highest BCUT2D eigenvalue weighted by Crippen LogP contribution is 2.22. The fraction of sp³-hybridized carbons (Fsp3) is 0.167. The fourth-order valence-electron chi connectivity index (χ4n) is 0.635. The molecule has 0 aromatic carbocycles.